The van der Waals surface area contributed by atoms with E-state index in [-0.39, 0.29) is 30.5 Å². The zero-order valence-electron chi connectivity index (χ0n) is 13.1. The molecule has 0 bridgehead atoms. The zero-order chi connectivity index (χ0) is 17.7. The summed E-state index contributed by atoms with van der Waals surface area (Å²) in [5.41, 5.74) is -0.219. The second kappa shape index (κ2) is 7.49. The van der Waals surface area contributed by atoms with Crippen LogP contribution in [0.2, 0.25) is 0 Å². The highest BCUT2D eigenvalue weighted by atomic mass is 19.1. The van der Waals surface area contributed by atoms with Crippen LogP contribution >= 0.6 is 0 Å². The quantitative estimate of drug-likeness (QED) is 0.850. The van der Waals surface area contributed by atoms with Crippen LogP contribution < -0.4 is 10.6 Å². The largest absolute Gasteiger partial charge is 0.350 e. The number of carbonyl (C=O) groups excluding carboxylic acids is 2. The highest BCUT2D eigenvalue weighted by Gasteiger charge is 2.12. The molecule has 0 saturated heterocycles. The normalized spacial score (nSPS) is 10.3. The predicted octanol–water partition coefficient (Wildman–Crippen LogP) is 0.966. The molecule has 2 aromatic rings. The molecule has 0 aliphatic carbocycles. The van der Waals surface area contributed by atoms with Gasteiger partial charge in [0.15, 0.2) is 5.82 Å². The lowest BCUT2D eigenvalue weighted by Crippen LogP contribution is -2.28. The van der Waals surface area contributed by atoms with Gasteiger partial charge in [-0.25, -0.2) is 18.3 Å². The van der Waals surface area contributed by atoms with Crippen molar-refractivity contribution in [3.63, 3.8) is 0 Å². The van der Waals surface area contributed by atoms with Crippen molar-refractivity contribution in [3.8, 4) is 0 Å². The van der Waals surface area contributed by atoms with Gasteiger partial charge in [0.05, 0.1) is 6.20 Å². The fourth-order valence-electron chi connectivity index (χ4n) is 1.75. The Kier molecular flexibility index (Phi) is 5.40. The lowest BCUT2D eigenvalue weighted by molar-refractivity contribution is -0.122. The molecule has 8 nitrogen and oxygen atoms in total. The third kappa shape index (κ3) is 4.48. The molecular weight excluding hydrogens is 322 g/mol. The van der Waals surface area contributed by atoms with Gasteiger partial charge in [0.2, 0.25) is 5.91 Å². The Hall–Kier alpha value is -3.04. The fraction of sp³-hybridized carbons (Fsp3) is 0.286. The van der Waals surface area contributed by atoms with Gasteiger partial charge in [-0.3, -0.25) is 10.1 Å². The van der Waals surface area contributed by atoms with Gasteiger partial charge >= 0.3 is 6.03 Å². The molecule has 1 aromatic carbocycles. The average Bonchev–Trinajstić information content (AvgIpc) is 2.93. The number of rotatable bonds is 5. The number of halogens is 2. The van der Waals surface area contributed by atoms with Crippen molar-refractivity contribution in [1.29, 1.82) is 0 Å². The van der Waals surface area contributed by atoms with E-state index < -0.39 is 17.5 Å². The van der Waals surface area contributed by atoms with Crippen LogP contribution in [0.15, 0.2) is 24.4 Å². The van der Waals surface area contributed by atoms with E-state index in [4.69, 9.17) is 0 Å². The number of urea groups is 1. The zero-order valence-corrected chi connectivity index (χ0v) is 13.1. The van der Waals surface area contributed by atoms with Crippen molar-refractivity contribution < 1.29 is 18.4 Å². The van der Waals surface area contributed by atoms with E-state index in [1.54, 1.807) is 14.1 Å². The Balaban J connectivity index is 1.89. The summed E-state index contributed by atoms with van der Waals surface area (Å²) in [6.07, 6.45) is 1.37. The summed E-state index contributed by atoms with van der Waals surface area (Å²) >= 11 is 0. The average molecular weight is 338 g/mol. The van der Waals surface area contributed by atoms with Crippen molar-refractivity contribution in [3.05, 3.63) is 41.6 Å². The Morgan fingerprint density at radius 1 is 1.25 bits per heavy atom. The number of carbonyl (C=O) groups is 2. The van der Waals surface area contributed by atoms with Gasteiger partial charge in [0, 0.05) is 26.2 Å². The Morgan fingerprint density at radius 2 is 1.92 bits per heavy atom. The maximum absolute atomic E-state index is 13.5. The van der Waals surface area contributed by atoms with E-state index in [0.29, 0.717) is 0 Å². The maximum Gasteiger partial charge on any atom is 0.322 e. The molecule has 128 valence electrons. The number of nitrogens with one attached hydrogen (secondary N) is 2. The third-order valence-corrected chi connectivity index (χ3v) is 3.01. The molecule has 0 aliphatic rings. The van der Waals surface area contributed by atoms with E-state index in [9.17, 15) is 18.4 Å². The minimum Gasteiger partial charge on any atom is -0.350 e. The number of anilines is 1. The third-order valence-electron chi connectivity index (χ3n) is 3.01. The molecule has 3 amide bonds. The topological polar surface area (TPSA) is 92.2 Å². The molecule has 0 fully saturated rings. The summed E-state index contributed by atoms with van der Waals surface area (Å²) < 4.78 is 28.1. The van der Waals surface area contributed by atoms with Gasteiger partial charge in [-0.05, 0) is 12.1 Å². The molecule has 24 heavy (non-hydrogen) atoms. The maximum atomic E-state index is 13.5. The van der Waals surface area contributed by atoms with E-state index in [1.807, 2.05) is 0 Å². The van der Waals surface area contributed by atoms with Crippen LogP contribution in [0.1, 0.15) is 5.56 Å². The molecule has 0 aliphatic heterocycles. The second-order valence-electron chi connectivity index (χ2n) is 5.10. The number of hydrogen-bond acceptors (Lipinski definition) is 4. The van der Waals surface area contributed by atoms with Gasteiger partial charge in [0.1, 0.15) is 18.2 Å². The first-order valence-corrected chi connectivity index (χ1v) is 6.95. The van der Waals surface area contributed by atoms with Crippen molar-refractivity contribution in [1.82, 2.24) is 25.2 Å². The molecular formula is C14H16F2N6O2. The first-order valence-electron chi connectivity index (χ1n) is 6.95. The van der Waals surface area contributed by atoms with E-state index >= 15 is 0 Å². The Labute approximate surface area is 136 Å². The lowest BCUT2D eigenvalue weighted by Gasteiger charge is -2.09. The minimum atomic E-state index is -0.732. The lowest BCUT2D eigenvalue weighted by atomic mass is 10.2. The fourth-order valence-corrected chi connectivity index (χ4v) is 1.75. The highest BCUT2D eigenvalue weighted by molar-refractivity contribution is 5.87. The number of aromatic nitrogens is 3. The van der Waals surface area contributed by atoms with Crippen molar-refractivity contribution >= 4 is 17.8 Å². The van der Waals surface area contributed by atoms with Gasteiger partial charge in [-0.2, -0.15) is 0 Å². The molecule has 2 N–H and O–H groups in total. The molecule has 0 spiro atoms. The Bertz CT molecular complexity index is 726. The summed E-state index contributed by atoms with van der Waals surface area (Å²) in [4.78, 5) is 24.6. The van der Waals surface area contributed by atoms with Gasteiger partial charge in [-0.1, -0.05) is 11.3 Å². The van der Waals surface area contributed by atoms with Crippen molar-refractivity contribution in [2.45, 2.75) is 13.1 Å². The second-order valence-corrected chi connectivity index (χ2v) is 5.10. The predicted molar refractivity (Wildman–Crippen MR) is 80.9 cm³/mol. The summed E-state index contributed by atoms with van der Waals surface area (Å²) in [5.74, 6) is -1.79. The van der Waals surface area contributed by atoms with Crippen LogP contribution in [0.5, 0.6) is 0 Å². The SMILES string of the molecule is CN(C)C(=O)Nc1cn(CC(=O)NCc2c(F)cccc2F)nn1. The molecule has 1 aromatic heterocycles. The standard InChI is InChI=1S/C14H16F2N6O2/c1-21(2)14(24)18-12-7-22(20-19-12)8-13(23)17-6-9-10(15)4-3-5-11(9)16/h3-5,7H,6,8H2,1-2H3,(H,17,23)(H,18,24). The van der Waals surface area contributed by atoms with Crippen LogP contribution in [0.25, 0.3) is 0 Å². The number of amides is 3. The summed E-state index contributed by atoms with van der Waals surface area (Å²) in [6, 6.07) is 3.08. The molecule has 1 heterocycles. The van der Waals surface area contributed by atoms with Gasteiger partial charge < -0.3 is 10.2 Å². The van der Waals surface area contributed by atoms with Gasteiger partial charge in [-0.15, -0.1) is 5.10 Å². The summed E-state index contributed by atoms with van der Waals surface area (Å²) in [5, 5.41) is 12.2. The van der Waals surface area contributed by atoms with Crippen molar-refractivity contribution in [2.75, 3.05) is 19.4 Å². The first kappa shape index (κ1) is 17.3. The van der Waals surface area contributed by atoms with E-state index in [0.717, 1.165) is 12.1 Å². The van der Waals surface area contributed by atoms with Crippen LogP contribution in [-0.4, -0.2) is 45.9 Å². The number of hydrogen-bond donors (Lipinski definition) is 2. The van der Waals surface area contributed by atoms with Crippen LogP contribution in [-0.2, 0) is 17.9 Å². The summed E-state index contributed by atoms with van der Waals surface area (Å²) in [7, 11) is 3.13. The van der Waals surface area contributed by atoms with Crippen LogP contribution in [0, 0.1) is 11.6 Å². The molecule has 0 unspecified atom stereocenters. The Morgan fingerprint density at radius 3 is 2.54 bits per heavy atom. The summed E-state index contributed by atoms with van der Waals surface area (Å²) in [6.45, 7) is -0.489. The number of nitrogens with zero attached hydrogens (tertiary/aromatic N) is 4. The van der Waals surface area contributed by atoms with Gasteiger partial charge in [0.25, 0.3) is 0 Å². The minimum absolute atomic E-state index is 0.182. The molecule has 0 saturated carbocycles. The van der Waals surface area contributed by atoms with E-state index in [2.05, 4.69) is 20.9 Å². The molecule has 0 atom stereocenters. The molecule has 2 rings (SSSR count). The van der Waals surface area contributed by atoms with Crippen LogP contribution in [0.4, 0.5) is 19.4 Å². The monoisotopic (exact) mass is 338 g/mol. The number of benzene rings is 1. The smallest absolute Gasteiger partial charge is 0.322 e. The molecule has 0 radical (unpaired) electrons. The first-order chi connectivity index (χ1) is 11.4. The highest BCUT2D eigenvalue weighted by Crippen LogP contribution is 2.11. The van der Waals surface area contributed by atoms with Crippen molar-refractivity contribution in [2.24, 2.45) is 0 Å². The van der Waals surface area contributed by atoms with Crippen LogP contribution in [0.3, 0.4) is 0 Å². The molecule has 10 heteroatoms. The van der Waals surface area contributed by atoms with E-state index in [1.165, 1.54) is 21.8 Å².